The zero-order chi connectivity index (χ0) is 20.7. The van der Waals surface area contributed by atoms with Gasteiger partial charge < -0.3 is 20.3 Å². The molecule has 1 aromatic carbocycles. The summed E-state index contributed by atoms with van der Waals surface area (Å²) in [6.07, 6.45) is 1.06. The molecule has 0 atom stereocenters. The summed E-state index contributed by atoms with van der Waals surface area (Å²) in [6.45, 7) is 7.06. The minimum absolute atomic E-state index is 0.0385. The lowest BCUT2D eigenvalue weighted by Crippen LogP contribution is -2.44. The second kappa shape index (κ2) is 9.91. The first-order valence-corrected chi connectivity index (χ1v) is 10.2. The summed E-state index contributed by atoms with van der Waals surface area (Å²) < 4.78 is 6.03. The average Bonchev–Trinajstić information content (AvgIpc) is 2.64. The van der Waals surface area contributed by atoms with Gasteiger partial charge in [0.05, 0.1) is 6.54 Å². The Morgan fingerprint density at radius 1 is 1.11 bits per heavy atom. The molecule has 0 radical (unpaired) electrons. The van der Waals surface area contributed by atoms with E-state index in [9.17, 15) is 14.4 Å². The number of nitrogens with zero attached hydrogens (tertiary/aromatic N) is 1. The summed E-state index contributed by atoms with van der Waals surface area (Å²) in [6, 6.07) is 7.36. The standard InChI is InChI=1S/C20H28BrN3O4/c1-20(2,3)28-19(27)23-13-17(25)22-12-14-8-10-24(11-9-14)18(26)15-4-6-16(21)7-5-15/h4-7,14H,8-13H2,1-3H3,(H,22,25)(H,23,27). The van der Waals surface area contributed by atoms with Crippen LogP contribution in [0.1, 0.15) is 44.0 Å². The van der Waals surface area contributed by atoms with Crippen molar-refractivity contribution >= 4 is 33.8 Å². The molecule has 0 unspecified atom stereocenters. The molecule has 28 heavy (non-hydrogen) atoms. The first-order valence-electron chi connectivity index (χ1n) is 9.42. The van der Waals surface area contributed by atoms with Gasteiger partial charge in [0.1, 0.15) is 5.60 Å². The fourth-order valence-electron chi connectivity index (χ4n) is 2.90. The molecule has 8 heteroatoms. The van der Waals surface area contributed by atoms with Crippen LogP contribution in [0.2, 0.25) is 0 Å². The Morgan fingerprint density at radius 2 is 1.71 bits per heavy atom. The van der Waals surface area contributed by atoms with Gasteiger partial charge >= 0.3 is 6.09 Å². The summed E-state index contributed by atoms with van der Waals surface area (Å²) >= 11 is 3.37. The second-order valence-electron chi connectivity index (χ2n) is 7.90. The zero-order valence-electron chi connectivity index (χ0n) is 16.6. The number of ether oxygens (including phenoxy) is 1. The first kappa shape index (κ1) is 22.2. The molecule has 0 spiro atoms. The third-order valence-corrected chi connectivity index (χ3v) is 4.90. The highest BCUT2D eigenvalue weighted by atomic mass is 79.9. The van der Waals surface area contributed by atoms with Crippen LogP contribution in [-0.2, 0) is 9.53 Å². The van der Waals surface area contributed by atoms with Crippen LogP contribution < -0.4 is 10.6 Å². The van der Waals surface area contributed by atoms with Crippen molar-refractivity contribution in [3.63, 3.8) is 0 Å². The van der Waals surface area contributed by atoms with Crippen LogP contribution in [0.25, 0.3) is 0 Å². The number of piperidine rings is 1. The van der Waals surface area contributed by atoms with Gasteiger partial charge in [0.2, 0.25) is 5.91 Å². The van der Waals surface area contributed by atoms with Crippen molar-refractivity contribution in [3.05, 3.63) is 34.3 Å². The topological polar surface area (TPSA) is 87.7 Å². The van der Waals surface area contributed by atoms with Crippen molar-refractivity contribution in [2.45, 2.75) is 39.2 Å². The third-order valence-electron chi connectivity index (χ3n) is 4.37. The molecule has 1 aliphatic heterocycles. The number of hydrogen-bond donors (Lipinski definition) is 2. The Bertz CT molecular complexity index is 692. The van der Waals surface area contributed by atoms with Gasteiger partial charge in [0, 0.05) is 29.7 Å². The molecule has 1 aromatic rings. The van der Waals surface area contributed by atoms with E-state index in [4.69, 9.17) is 4.74 Å². The Balaban J connectivity index is 1.67. The van der Waals surface area contributed by atoms with Gasteiger partial charge in [-0.05, 0) is 63.8 Å². The second-order valence-corrected chi connectivity index (χ2v) is 8.82. The molecule has 0 aromatic heterocycles. The number of likely N-dealkylation sites (tertiary alicyclic amines) is 1. The van der Waals surface area contributed by atoms with Gasteiger partial charge in [-0.1, -0.05) is 15.9 Å². The van der Waals surface area contributed by atoms with E-state index in [1.807, 2.05) is 29.2 Å². The Morgan fingerprint density at radius 3 is 2.29 bits per heavy atom. The van der Waals surface area contributed by atoms with Crippen LogP contribution in [0.3, 0.4) is 0 Å². The molecule has 1 fully saturated rings. The summed E-state index contributed by atoms with van der Waals surface area (Å²) in [5.74, 6) is 0.107. The number of benzene rings is 1. The molecular formula is C20H28BrN3O4. The number of halogens is 1. The van der Waals surface area contributed by atoms with Crippen molar-refractivity contribution in [2.75, 3.05) is 26.2 Å². The summed E-state index contributed by atoms with van der Waals surface area (Å²) in [5.41, 5.74) is 0.0885. The van der Waals surface area contributed by atoms with Crippen molar-refractivity contribution in [3.8, 4) is 0 Å². The lowest BCUT2D eigenvalue weighted by atomic mass is 9.96. The maximum Gasteiger partial charge on any atom is 0.408 e. The number of carbonyl (C=O) groups is 3. The molecule has 0 saturated carbocycles. The molecule has 0 aliphatic carbocycles. The van der Waals surface area contributed by atoms with Crippen LogP contribution in [-0.4, -0.2) is 54.6 Å². The monoisotopic (exact) mass is 453 g/mol. The highest BCUT2D eigenvalue weighted by Crippen LogP contribution is 2.19. The third kappa shape index (κ3) is 7.50. The van der Waals surface area contributed by atoms with E-state index in [0.29, 0.717) is 31.1 Å². The lowest BCUT2D eigenvalue weighted by molar-refractivity contribution is -0.120. The van der Waals surface area contributed by atoms with Crippen LogP contribution in [0.5, 0.6) is 0 Å². The summed E-state index contributed by atoms with van der Waals surface area (Å²) in [4.78, 5) is 37.8. The minimum Gasteiger partial charge on any atom is -0.444 e. The quantitative estimate of drug-likeness (QED) is 0.716. The van der Waals surface area contributed by atoms with E-state index in [1.165, 1.54) is 0 Å². The fraction of sp³-hybridized carbons (Fsp3) is 0.550. The maximum absolute atomic E-state index is 12.5. The number of hydrogen-bond acceptors (Lipinski definition) is 4. The zero-order valence-corrected chi connectivity index (χ0v) is 18.2. The molecule has 0 bridgehead atoms. The van der Waals surface area contributed by atoms with Crippen LogP contribution in [0.4, 0.5) is 4.79 Å². The van der Waals surface area contributed by atoms with E-state index in [0.717, 1.165) is 17.3 Å². The van der Waals surface area contributed by atoms with E-state index in [2.05, 4.69) is 26.6 Å². The smallest absolute Gasteiger partial charge is 0.408 e. The number of amides is 3. The van der Waals surface area contributed by atoms with Crippen LogP contribution >= 0.6 is 15.9 Å². The molecule has 3 amide bonds. The lowest BCUT2D eigenvalue weighted by Gasteiger charge is -2.32. The molecule has 154 valence electrons. The van der Waals surface area contributed by atoms with Crippen molar-refractivity contribution in [1.82, 2.24) is 15.5 Å². The van der Waals surface area contributed by atoms with Crippen molar-refractivity contribution < 1.29 is 19.1 Å². The van der Waals surface area contributed by atoms with Crippen LogP contribution in [0, 0.1) is 5.92 Å². The molecule has 7 nitrogen and oxygen atoms in total. The van der Waals surface area contributed by atoms with E-state index in [1.54, 1.807) is 20.8 Å². The van der Waals surface area contributed by atoms with E-state index < -0.39 is 11.7 Å². The van der Waals surface area contributed by atoms with Gasteiger partial charge in [-0.15, -0.1) is 0 Å². The Labute approximate surface area is 174 Å². The fourth-order valence-corrected chi connectivity index (χ4v) is 3.17. The molecule has 2 rings (SSSR count). The first-order chi connectivity index (χ1) is 13.1. The predicted octanol–water partition coefficient (Wildman–Crippen LogP) is 2.94. The maximum atomic E-state index is 12.5. The molecule has 1 heterocycles. The number of nitrogens with one attached hydrogen (secondary N) is 2. The number of carbonyl (C=O) groups excluding carboxylic acids is 3. The Hall–Kier alpha value is -2.09. The van der Waals surface area contributed by atoms with Crippen molar-refractivity contribution in [2.24, 2.45) is 5.92 Å². The minimum atomic E-state index is -0.609. The normalized spacial score (nSPS) is 15.1. The van der Waals surface area contributed by atoms with Crippen LogP contribution in [0.15, 0.2) is 28.7 Å². The predicted molar refractivity (Wildman–Crippen MR) is 110 cm³/mol. The van der Waals surface area contributed by atoms with Gasteiger partial charge in [-0.25, -0.2) is 4.79 Å². The van der Waals surface area contributed by atoms with Gasteiger partial charge in [0.15, 0.2) is 0 Å². The highest BCUT2D eigenvalue weighted by Gasteiger charge is 2.24. The number of alkyl carbamates (subject to hydrolysis) is 1. The Kier molecular flexibility index (Phi) is 7.86. The number of rotatable bonds is 5. The summed E-state index contributed by atoms with van der Waals surface area (Å²) in [7, 11) is 0. The van der Waals surface area contributed by atoms with Gasteiger partial charge in [-0.3, -0.25) is 9.59 Å². The molecular weight excluding hydrogens is 426 g/mol. The summed E-state index contributed by atoms with van der Waals surface area (Å²) in [5, 5.41) is 5.28. The van der Waals surface area contributed by atoms with Gasteiger partial charge in [0.25, 0.3) is 5.91 Å². The highest BCUT2D eigenvalue weighted by molar-refractivity contribution is 9.10. The molecule has 1 aliphatic rings. The molecule has 2 N–H and O–H groups in total. The largest absolute Gasteiger partial charge is 0.444 e. The molecule has 1 saturated heterocycles. The SMILES string of the molecule is CC(C)(C)OC(=O)NCC(=O)NCC1CCN(C(=O)c2ccc(Br)cc2)CC1. The van der Waals surface area contributed by atoms with Gasteiger partial charge in [-0.2, -0.15) is 0 Å². The average molecular weight is 454 g/mol. The van der Waals surface area contributed by atoms with E-state index in [-0.39, 0.29) is 18.4 Å². The van der Waals surface area contributed by atoms with E-state index >= 15 is 0 Å². The van der Waals surface area contributed by atoms with Crippen molar-refractivity contribution in [1.29, 1.82) is 0 Å².